The number of aliphatic hydroxyl groups excluding tert-OH is 1. The van der Waals surface area contributed by atoms with Gasteiger partial charge >= 0.3 is 0 Å². The monoisotopic (exact) mass is 293 g/mol. The smallest absolute Gasteiger partial charge is 0.134 e. The van der Waals surface area contributed by atoms with Crippen LogP contribution in [-0.4, -0.2) is 65.8 Å². The van der Waals surface area contributed by atoms with Crippen LogP contribution in [0.5, 0.6) is 0 Å². The molecule has 0 aliphatic carbocycles. The average Bonchev–Trinajstić information content (AvgIpc) is 2.75. The molecule has 1 fully saturated rings. The van der Waals surface area contributed by atoms with E-state index in [1.807, 2.05) is 13.0 Å². The first-order valence-electron chi connectivity index (χ1n) is 7.68. The number of hydrogen-bond acceptors (Lipinski definition) is 6. The second-order valence-electron chi connectivity index (χ2n) is 6.04. The Morgan fingerprint density at radius 3 is 2.86 bits per heavy atom. The van der Waals surface area contributed by atoms with Crippen LogP contribution in [0.2, 0.25) is 0 Å². The van der Waals surface area contributed by atoms with Crippen molar-refractivity contribution in [3.05, 3.63) is 11.9 Å². The van der Waals surface area contributed by atoms with Crippen molar-refractivity contribution in [2.75, 3.05) is 43.9 Å². The van der Waals surface area contributed by atoms with E-state index in [0.29, 0.717) is 12.6 Å². The summed E-state index contributed by atoms with van der Waals surface area (Å²) in [6.45, 7) is 6.50. The molecule has 21 heavy (non-hydrogen) atoms. The van der Waals surface area contributed by atoms with Gasteiger partial charge in [0, 0.05) is 31.7 Å². The second kappa shape index (κ2) is 7.04. The van der Waals surface area contributed by atoms with E-state index >= 15 is 0 Å². The fourth-order valence-electron chi connectivity index (χ4n) is 2.81. The molecule has 2 unspecified atom stereocenters. The van der Waals surface area contributed by atoms with Gasteiger partial charge in [0.1, 0.15) is 17.5 Å². The van der Waals surface area contributed by atoms with E-state index in [2.05, 4.69) is 46.1 Å². The first-order valence-corrected chi connectivity index (χ1v) is 7.68. The maximum Gasteiger partial charge on any atom is 0.134 e. The Hall–Kier alpha value is -1.40. The summed E-state index contributed by atoms with van der Waals surface area (Å²) in [7, 11) is 4.12. The first kappa shape index (κ1) is 16.0. The maximum absolute atomic E-state index is 10.0. The number of β-amino-alcohol motifs (C(OH)–C–C–N with tert-alkyl or cyclic N) is 1. The quantitative estimate of drug-likeness (QED) is 0.819. The number of likely N-dealkylation sites (N-methyl/N-ethyl adjacent to an activating group) is 1. The lowest BCUT2D eigenvalue weighted by molar-refractivity contribution is 0.191. The van der Waals surface area contributed by atoms with Crippen molar-refractivity contribution < 1.29 is 5.11 Å². The van der Waals surface area contributed by atoms with Crippen molar-refractivity contribution in [1.29, 1.82) is 0 Å². The van der Waals surface area contributed by atoms with E-state index in [9.17, 15) is 5.11 Å². The van der Waals surface area contributed by atoms with Crippen LogP contribution in [0.15, 0.2) is 6.07 Å². The molecule has 2 N–H and O–H groups in total. The Morgan fingerprint density at radius 2 is 2.19 bits per heavy atom. The molecule has 1 aromatic heterocycles. The minimum absolute atomic E-state index is 0.280. The highest BCUT2D eigenvalue weighted by Gasteiger charge is 2.32. The summed E-state index contributed by atoms with van der Waals surface area (Å²) < 4.78 is 0. The molecule has 1 aromatic rings. The fraction of sp³-hybridized carbons (Fsp3) is 0.733. The van der Waals surface area contributed by atoms with Crippen LogP contribution < -0.4 is 10.2 Å². The Kier molecular flexibility index (Phi) is 5.36. The van der Waals surface area contributed by atoms with Crippen LogP contribution >= 0.6 is 0 Å². The van der Waals surface area contributed by atoms with Crippen molar-refractivity contribution in [3.63, 3.8) is 0 Å². The van der Waals surface area contributed by atoms with Gasteiger partial charge in [0.05, 0.1) is 6.10 Å². The molecular weight excluding hydrogens is 266 g/mol. The molecule has 6 nitrogen and oxygen atoms in total. The standard InChI is InChI=1S/C15H27N5O/c1-5-6-16-14-8-15(18-11(2)17-14)20-10-13(21)7-12(20)9-19(3)4/h8,12-13,21H,5-7,9-10H2,1-4H3,(H,16,17,18). The number of rotatable bonds is 6. The normalized spacial score (nSPS) is 22.1. The van der Waals surface area contributed by atoms with Gasteiger partial charge in [-0.15, -0.1) is 0 Å². The van der Waals surface area contributed by atoms with Gasteiger partial charge < -0.3 is 20.2 Å². The molecule has 0 radical (unpaired) electrons. The highest BCUT2D eigenvalue weighted by molar-refractivity contribution is 5.51. The molecule has 0 bridgehead atoms. The summed E-state index contributed by atoms with van der Waals surface area (Å²) in [5.74, 6) is 2.53. The third-order valence-corrected chi connectivity index (χ3v) is 3.64. The first-order chi connectivity index (χ1) is 9.99. The number of nitrogens with one attached hydrogen (secondary N) is 1. The van der Waals surface area contributed by atoms with E-state index in [-0.39, 0.29) is 6.10 Å². The van der Waals surface area contributed by atoms with Crippen molar-refractivity contribution in [1.82, 2.24) is 14.9 Å². The highest BCUT2D eigenvalue weighted by Crippen LogP contribution is 2.26. The highest BCUT2D eigenvalue weighted by atomic mass is 16.3. The van der Waals surface area contributed by atoms with Crippen LogP contribution in [-0.2, 0) is 0 Å². The summed E-state index contributed by atoms with van der Waals surface area (Å²) in [5.41, 5.74) is 0. The van der Waals surface area contributed by atoms with Crippen LogP contribution in [0.1, 0.15) is 25.6 Å². The lowest BCUT2D eigenvalue weighted by Gasteiger charge is -2.28. The molecule has 0 amide bonds. The molecule has 1 aliphatic rings. The van der Waals surface area contributed by atoms with Gasteiger partial charge in [0.15, 0.2) is 0 Å². The van der Waals surface area contributed by atoms with Gasteiger partial charge in [-0.2, -0.15) is 0 Å². The Bertz CT molecular complexity index is 465. The third kappa shape index (κ3) is 4.28. The van der Waals surface area contributed by atoms with Crippen molar-refractivity contribution in [3.8, 4) is 0 Å². The largest absolute Gasteiger partial charge is 0.391 e. The summed E-state index contributed by atoms with van der Waals surface area (Å²) in [6, 6.07) is 2.28. The minimum atomic E-state index is -0.280. The van der Waals surface area contributed by atoms with Crippen molar-refractivity contribution in [2.45, 2.75) is 38.8 Å². The lowest BCUT2D eigenvalue weighted by atomic mass is 10.2. The number of aromatic nitrogens is 2. The maximum atomic E-state index is 10.0. The van der Waals surface area contributed by atoms with Crippen LogP contribution in [0, 0.1) is 6.92 Å². The summed E-state index contributed by atoms with van der Waals surface area (Å²) in [4.78, 5) is 13.3. The average molecular weight is 293 g/mol. The molecule has 6 heteroatoms. The summed E-state index contributed by atoms with van der Waals surface area (Å²) in [6.07, 6.45) is 1.57. The van der Waals surface area contributed by atoms with E-state index in [0.717, 1.165) is 43.4 Å². The zero-order valence-corrected chi connectivity index (χ0v) is 13.5. The molecule has 0 aromatic carbocycles. The van der Waals surface area contributed by atoms with Crippen LogP contribution in [0.4, 0.5) is 11.6 Å². The lowest BCUT2D eigenvalue weighted by Crippen LogP contribution is -2.38. The second-order valence-corrected chi connectivity index (χ2v) is 6.04. The Labute approximate surface area is 127 Å². The Balaban J connectivity index is 2.20. The minimum Gasteiger partial charge on any atom is -0.391 e. The van der Waals surface area contributed by atoms with Crippen LogP contribution in [0.3, 0.4) is 0 Å². The molecule has 1 saturated heterocycles. The van der Waals surface area contributed by atoms with Crippen molar-refractivity contribution in [2.24, 2.45) is 0 Å². The van der Waals surface area contributed by atoms with Crippen molar-refractivity contribution >= 4 is 11.6 Å². The number of nitrogens with zero attached hydrogens (tertiary/aromatic N) is 4. The van der Waals surface area contributed by atoms with Gasteiger partial charge in [-0.1, -0.05) is 6.92 Å². The number of aryl methyl sites for hydroxylation is 1. The number of anilines is 2. The predicted molar refractivity (Wildman–Crippen MR) is 85.9 cm³/mol. The Morgan fingerprint density at radius 1 is 1.43 bits per heavy atom. The van der Waals surface area contributed by atoms with Crippen LogP contribution in [0.25, 0.3) is 0 Å². The van der Waals surface area contributed by atoms with Gasteiger partial charge in [-0.3, -0.25) is 0 Å². The third-order valence-electron chi connectivity index (χ3n) is 3.64. The predicted octanol–water partition coefficient (Wildman–Crippen LogP) is 1.11. The van der Waals surface area contributed by atoms with E-state index in [4.69, 9.17) is 0 Å². The van der Waals surface area contributed by atoms with Gasteiger partial charge in [0.2, 0.25) is 0 Å². The molecule has 0 saturated carbocycles. The van der Waals surface area contributed by atoms with E-state index in [1.54, 1.807) is 0 Å². The zero-order valence-electron chi connectivity index (χ0n) is 13.5. The fourth-order valence-corrected chi connectivity index (χ4v) is 2.81. The molecule has 1 aliphatic heterocycles. The molecule has 118 valence electrons. The van der Waals surface area contributed by atoms with Gasteiger partial charge in [-0.25, -0.2) is 9.97 Å². The molecule has 0 spiro atoms. The molecule has 2 atom stereocenters. The summed E-state index contributed by atoms with van der Waals surface area (Å²) in [5, 5.41) is 13.3. The van der Waals surface area contributed by atoms with E-state index < -0.39 is 0 Å². The SMILES string of the molecule is CCCNc1cc(N2CC(O)CC2CN(C)C)nc(C)n1. The number of aliphatic hydroxyl groups is 1. The zero-order chi connectivity index (χ0) is 15.4. The van der Waals surface area contributed by atoms with Gasteiger partial charge in [0.25, 0.3) is 0 Å². The van der Waals surface area contributed by atoms with E-state index in [1.165, 1.54) is 0 Å². The summed E-state index contributed by atoms with van der Waals surface area (Å²) >= 11 is 0. The van der Waals surface area contributed by atoms with Gasteiger partial charge in [-0.05, 0) is 33.9 Å². The number of hydrogen-bond donors (Lipinski definition) is 2. The molecular formula is C15H27N5O. The molecule has 2 heterocycles. The molecule has 2 rings (SSSR count). The topological polar surface area (TPSA) is 64.5 Å².